The zero-order valence-corrected chi connectivity index (χ0v) is 13.4. The van der Waals surface area contributed by atoms with Gasteiger partial charge in [-0.05, 0) is 30.4 Å². The van der Waals surface area contributed by atoms with Gasteiger partial charge < -0.3 is 9.14 Å². The van der Waals surface area contributed by atoms with Gasteiger partial charge in [-0.2, -0.15) is 0 Å². The fourth-order valence-electron chi connectivity index (χ4n) is 2.47. The number of rotatable bonds is 4. The van der Waals surface area contributed by atoms with E-state index in [0.717, 1.165) is 5.65 Å². The summed E-state index contributed by atoms with van der Waals surface area (Å²) >= 11 is 5.73. The van der Waals surface area contributed by atoms with Crippen LogP contribution in [0, 0.1) is 0 Å². The number of carbonyl (C=O) groups is 1. The molecule has 0 radical (unpaired) electrons. The molecule has 3 aromatic heterocycles. The molecule has 1 saturated carbocycles. The van der Waals surface area contributed by atoms with Crippen LogP contribution in [0.1, 0.15) is 30.0 Å². The zero-order valence-electron chi connectivity index (χ0n) is 12.6. The number of halogens is 1. The molecule has 1 aliphatic rings. The summed E-state index contributed by atoms with van der Waals surface area (Å²) in [6, 6.07) is 5.53. The second kappa shape index (κ2) is 6.09. The minimum Gasteiger partial charge on any atom is -0.443 e. The van der Waals surface area contributed by atoms with Gasteiger partial charge in [0.1, 0.15) is 29.6 Å². The van der Waals surface area contributed by atoms with Crippen LogP contribution in [-0.2, 0) is 11.3 Å². The highest BCUT2D eigenvalue weighted by Gasteiger charge is 2.23. The number of pyridine rings is 1. The Labute approximate surface area is 142 Å². The van der Waals surface area contributed by atoms with E-state index in [9.17, 15) is 4.79 Å². The molecule has 7 nitrogen and oxygen atoms in total. The van der Waals surface area contributed by atoms with E-state index in [4.69, 9.17) is 16.3 Å². The van der Waals surface area contributed by atoms with Crippen molar-refractivity contribution >= 4 is 29.2 Å². The molecule has 0 bridgehead atoms. The quantitative estimate of drug-likeness (QED) is 0.734. The highest BCUT2D eigenvalue weighted by Crippen LogP contribution is 2.39. The first-order chi connectivity index (χ1) is 11.7. The Morgan fingerprint density at radius 3 is 3.00 bits per heavy atom. The summed E-state index contributed by atoms with van der Waals surface area (Å²) in [5.74, 6) is 0.964. The largest absolute Gasteiger partial charge is 0.443 e. The molecule has 0 unspecified atom stereocenters. The van der Waals surface area contributed by atoms with Crippen LogP contribution in [0.25, 0.3) is 5.65 Å². The van der Waals surface area contributed by atoms with Gasteiger partial charge in [0.25, 0.3) is 0 Å². The molecule has 1 fully saturated rings. The van der Waals surface area contributed by atoms with Crippen molar-refractivity contribution in [3.8, 4) is 0 Å². The number of ether oxygens (including phenoxy) is 1. The van der Waals surface area contributed by atoms with Crippen LogP contribution < -0.4 is 5.32 Å². The molecule has 3 aromatic rings. The van der Waals surface area contributed by atoms with Crippen molar-refractivity contribution in [1.82, 2.24) is 19.4 Å². The molecule has 0 spiro atoms. The highest BCUT2D eigenvalue weighted by molar-refractivity contribution is 6.29. The number of hydrogen-bond acceptors (Lipinski definition) is 5. The van der Waals surface area contributed by atoms with Crippen LogP contribution >= 0.6 is 11.6 Å². The Balaban J connectivity index is 1.39. The predicted molar refractivity (Wildman–Crippen MR) is 88.0 cm³/mol. The molecule has 4 rings (SSSR count). The maximum absolute atomic E-state index is 11.8. The number of nitrogens with zero attached hydrogens (tertiary/aromatic N) is 4. The van der Waals surface area contributed by atoms with Crippen molar-refractivity contribution in [2.75, 3.05) is 5.32 Å². The fourth-order valence-corrected chi connectivity index (χ4v) is 2.62. The molecule has 1 N–H and O–H groups in total. The van der Waals surface area contributed by atoms with Crippen LogP contribution in [0.2, 0.25) is 5.15 Å². The fraction of sp³-hybridized carbons (Fsp3) is 0.250. The molecule has 0 atom stereocenters. The smallest absolute Gasteiger partial charge is 0.413 e. The number of hydrogen-bond donors (Lipinski definition) is 1. The second-order valence-electron chi connectivity index (χ2n) is 5.66. The van der Waals surface area contributed by atoms with Crippen molar-refractivity contribution in [1.29, 1.82) is 0 Å². The third-order valence-electron chi connectivity index (χ3n) is 3.79. The first kappa shape index (κ1) is 14.9. The maximum atomic E-state index is 11.8. The molecule has 8 heteroatoms. The van der Waals surface area contributed by atoms with E-state index in [-0.39, 0.29) is 17.6 Å². The van der Waals surface area contributed by atoms with Gasteiger partial charge >= 0.3 is 6.09 Å². The van der Waals surface area contributed by atoms with Gasteiger partial charge in [0.2, 0.25) is 0 Å². The van der Waals surface area contributed by atoms with Gasteiger partial charge in [-0.25, -0.2) is 19.7 Å². The average molecular weight is 344 g/mol. The van der Waals surface area contributed by atoms with E-state index >= 15 is 0 Å². The van der Waals surface area contributed by atoms with E-state index < -0.39 is 6.09 Å². The number of aromatic nitrogens is 4. The predicted octanol–water partition coefficient (Wildman–Crippen LogP) is 3.40. The van der Waals surface area contributed by atoms with Gasteiger partial charge in [0.15, 0.2) is 0 Å². The molecule has 1 aliphatic carbocycles. The molecule has 0 aromatic carbocycles. The molecule has 122 valence electrons. The summed E-state index contributed by atoms with van der Waals surface area (Å²) in [6.07, 6.45) is 7.10. The first-order valence-corrected chi connectivity index (χ1v) is 7.94. The lowest BCUT2D eigenvalue weighted by atomic mass is 10.2. The second-order valence-corrected chi connectivity index (χ2v) is 6.05. The molecular weight excluding hydrogens is 330 g/mol. The average Bonchev–Trinajstić information content (AvgIpc) is 3.32. The van der Waals surface area contributed by atoms with E-state index in [2.05, 4.69) is 32.5 Å². The summed E-state index contributed by atoms with van der Waals surface area (Å²) in [6.45, 7) is 0.0745. The number of amides is 1. The van der Waals surface area contributed by atoms with Crippen LogP contribution in [0.15, 0.2) is 36.9 Å². The van der Waals surface area contributed by atoms with Gasteiger partial charge in [0, 0.05) is 18.5 Å². The lowest BCUT2D eigenvalue weighted by molar-refractivity contribution is 0.153. The summed E-state index contributed by atoms with van der Waals surface area (Å²) in [7, 11) is 0. The lowest BCUT2D eigenvalue weighted by Gasteiger charge is -2.04. The van der Waals surface area contributed by atoms with E-state index in [1.54, 1.807) is 0 Å². The molecule has 0 saturated heterocycles. The molecule has 3 heterocycles. The molecule has 1 amide bonds. The Kier molecular flexibility index (Phi) is 3.78. The number of anilines is 1. The Morgan fingerprint density at radius 1 is 1.33 bits per heavy atom. The summed E-state index contributed by atoms with van der Waals surface area (Å²) in [5, 5.41) is 2.73. The first-order valence-electron chi connectivity index (χ1n) is 7.56. The number of fused-ring (bicyclic) bond motifs is 1. The third-order valence-corrected chi connectivity index (χ3v) is 3.99. The van der Waals surface area contributed by atoms with Crippen LogP contribution in [0.4, 0.5) is 10.6 Å². The van der Waals surface area contributed by atoms with Crippen LogP contribution in [0.5, 0.6) is 0 Å². The maximum Gasteiger partial charge on any atom is 0.413 e. The normalized spacial score (nSPS) is 13.9. The van der Waals surface area contributed by atoms with Crippen molar-refractivity contribution < 1.29 is 9.53 Å². The minimum absolute atomic E-state index is 0.0745. The van der Waals surface area contributed by atoms with Crippen molar-refractivity contribution in [2.45, 2.75) is 25.4 Å². The highest BCUT2D eigenvalue weighted by atomic mass is 35.5. The zero-order chi connectivity index (χ0) is 16.5. The van der Waals surface area contributed by atoms with Gasteiger partial charge in [-0.3, -0.25) is 5.32 Å². The Bertz CT molecular complexity index is 906. The standard InChI is InChI=1S/C16H14ClN5O2/c17-13-5-14(19-9-18-13)21-16(23)24-8-12-7-22-6-11(10-1-2-10)3-4-15(22)20-12/h3-7,9-10H,1-2,8H2,(H,18,19,21,23). The van der Waals surface area contributed by atoms with Crippen LogP contribution in [-0.4, -0.2) is 25.4 Å². The van der Waals surface area contributed by atoms with E-state index in [1.165, 1.54) is 30.8 Å². The van der Waals surface area contributed by atoms with Crippen molar-refractivity contribution in [3.05, 3.63) is 53.3 Å². The number of nitrogens with one attached hydrogen (secondary N) is 1. The molecule has 24 heavy (non-hydrogen) atoms. The molecular formula is C16H14ClN5O2. The molecule has 0 aliphatic heterocycles. The van der Waals surface area contributed by atoms with Gasteiger partial charge in [-0.15, -0.1) is 0 Å². The Hall–Kier alpha value is -2.67. The van der Waals surface area contributed by atoms with Crippen LogP contribution in [0.3, 0.4) is 0 Å². The number of carbonyl (C=O) groups excluding carboxylic acids is 1. The van der Waals surface area contributed by atoms with Gasteiger partial charge in [0.05, 0.1) is 5.69 Å². The summed E-state index contributed by atoms with van der Waals surface area (Å²) in [4.78, 5) is 23.8. The van der Waals surface area contributed by atoms with Crippen molar-refractivity contribution in [3.63, 3.8) is 0 Å². The monoisotopic (exact) mass is 343 g/mol. The van der Waals surface area contributed by atoms with E-state index in [0.29, 0.717) is 11.6 Å². The lowest BCUT2D eigenvalue weighted by Crippen LogP contribution is -2.14. The van der Waals surface area contributed by atoms with Gasteiger partial charge in [-0.1, -0.05) is 17.7 Å². The Morgan fingerprint density at radius 2 is 2.21 bits per heavy atom. The SMILES string of the molecule is O=C(Nc1cc(Cl)ncn1)OCc1cn2cc(C3CC3)ccc2n1. The van der Waals surface area contributed by atoms with E-state index in [1.807, 2.05) is 16.7 Å². The topological polar surface area (TPSA) is 81.4 Å². The summed E-state index contributed by atoms with van der Waals surface area (Å²) < 4.78 is 7.13. The van der Waals surface area contributed by atoms with Crippen molar-refractivity contribution in [2.24, 2.45) is 0 Å². The third kappa shape index (κ3) is 3.30. The minimum atomic E-state index is -0.625. The number of imidazole rings is 1. The summed E-state index contributed by atoms with van der Waals surface area (Å²) in [5.41, 5.74) is 2.84.